The summed E-state index contributed by atoms with van der Waals surface area (Å²) in [6.07, 6.45) is 5.22. The molecule has 1 saturated heterocycles. The first-order valence-electron chi connectivity index (χ1n) is 8.24. The number of fused-ring (bicyclic) bond motifs is 1. The van der Waals surface area contributed by atoms with Gasteiger partial charge in [0.05, 0.1) is 11.5 Å². The van der Waals surface area contributed by atoms with Gasteiger partial charge in [0, 0.05) is 13.6 Å². The van der Waals surface area contributed by atoms with E-state index in [9.17, 15) is 4.79 Å². The second-order valence-electron chi connectivity index (χ2n) is 6.63. The Kier molecular flexibility index (Phi) is 4.03. The Morgan fingerprint density at radius 1 is 1.43 bits per heavy atom. The number of hydrogen-bond donors (Lipinski definition) is 1. The van der Waals surface area contributed by atoms with Gasteiger partial charge in [0.2, 0.25) is 5.91 Å². The van der Waals surface area contributed by atoms with Crippen LogP contribution < -0.4 is 5.32 Å². The van der Waals surface area contributed by atoms with Crippen molar-refractivity contribution in [3.63, 3.8) is 0 Å². The fourth-order valence-corrected chi connectivity index (χ4v) is 4.18. The van der Waals surface area contributed by atoms with Crippen molar-refractivity contribution in [2.75, 3.05) is 20.1 Å². The molecule has 2 aliphatic rings. The second kappa shape index (κ2) is 5.80. The molecule has 1 aromatic carbocycles. The van der Waals surface area contributed by atoms with Crippen LogP contribution >= 0.6 is 0 Å². The molecule has 1 fully saturated rings. The number of carbonyl (C=O) groups is 1. The van der Waals surface area contributed by atoms with E-state index in [1.807, 2.05) is 11.9 Å². The Balaban J connectivity index is 1.82. The van der Waals surface area contributed by atoms with Crippen molar-refractivity contribution in [2.45, 2.75) is 45.1 Å². The molecule has 1 amide bonds. The summed E-state index contributed by atoms with van der Waals surface area (Å²) in [6.45, 7) is 4.00. The highest BCUT2D eigenvalue weighted by molar-refractivity contribution is 5.83. The van der Waals surface area contributed by atoms with Crippen LogP contribution in [0.25, 0.3) is 0 Å². The molecule has 1 N–H and O–H groups in total. The smallest absolute Gasteiger partial charge is 0.230 e. The van der Waals surface area contributed by atoms with Crippen molar-refractivity contribution in [3.05, 3.63) is 35.4 Å². The first-order valence-corrected chi connectivity index (χ1v) is 8.24. The fourth-order valence-electron chi connectivity index (χ4n) is 4.18. The third-order valence-corrected chi connectivity index (χ3v) is 5.32. The van der Waals surface area contributed by atoms with E-state index in [1.165, 1.54) is 11.1 Å². The highest BCUT2D eigenvalue weighted by Gasteiger charge is 2.44. The zero-order chi connectivity index (χ0) is 14.9. The summed E-state index contributed by atoms with van der Waals surface area (Å²) in [7, 11) is 2.00. The van der Waals surface area contributed by atoms with E-state index in [1.54, 1.807) is 0 Å². The van der Waals surface area contributed by atoms with E-state index < -0.39 is 0 Å². The van der Waals surface area contributed by atoms with Gasteiger partial charge in [-0.2, -0.15) is 0 Å². The summed E-state index contributed by atoms with van der Waals surface area (Å²) in [6, 6.07) is 8.85. The van der Waals surface area contributed by atoms with Crippen molar-refractivity contribution in [1.82, 2.24) is 10.2 Å². The summed E-state index contributed by atoms with van der Waals surface area (Å²) in [5, 5.41) is 3.40. The molecule has 2 unspecified atom stereocenters. The lowest BCUT2D eigenvalue weighted by Gasteiger charge is -2.35. The molecule has 0 spiro atoms. The Morgan fingerprint density at radius 2 is 2.24 bits per heavy atom. The maximum atomic E-state index is 13.1. The Morgan fingerprint density at radius 3 is 2.95 bits per heavy atom. The maximum absolute atomic E-state index is 13.1. The molecule has 1 aromatic rings. The van der Waals surface area contributed by atoms with Gasteiger partial charge in [-0.05, 0) is 43.4 Å². The zero-order valence-electron chi connectivity index (χ0n) is 13.2. The van der Waals surface area contributed by atoms with Crippen LogP contribution in [0.5, 0.6) is 0 Å². The lowest BCUT2D eigenvalue weighted by atomic mass is 9.80. The highest BCUT2D eigenvalue weighted by Crippen LogP contribution is 2.40. The second-order valence-corrected chi connectivity index (χ2v) is 6.63. The predicted molar refractivity (Wildman–Crippen MR) is 85.1 cm³/mol. The van der Waals surface area contributed by atoms with Gasteiger partial charge in [0.15, 0.2) is 0 Å². The highest BCUT2D eigenvalue weighted by atomic mass is 16.2. The SMILES string of the molecule is CCCC1(C(=O)N(C)C2CCc3ccccc32)CCNC1. The van der Waals surface area contributed by atoms with Crippen molar-refractivity contribution in [3.8, 4) is 0 Å². The summed E-state index contributed by atoms with van der Waals surface area (Å²) in [5.74, 6) is 0.344. The van der Waals surface area contributed by atoms with Gasteiger partial charge in [0.25, 0.3) is 0 Å². The van der Waals surface area contributed by atoms with Crippen molar-refractivity contribution in [1.29, 1.82) is 0 Å². The number of hydrogen-bond acceptors (Lipinski definition) is 2. The molecule has 3 rings (SSSR count). The van der Waals surface area contributed by atoms with E-state index >= 15 is 0 Å². The van der Waals surface area contributed by atoms with Crippen LogP contribution in [0, 0.1) is 5.41 Å². The molecule has 114 valence electrons. The van der Waals surface area contributed by atoms with E-state index in [0.29, 0.717) is 5.91 Å². The van der Waals surface area contributed by atoms with Gasteiger partial charge >= 0.3 is 0 Å². The summed E-state index contributed by atoms with van der Waals surface area (Å²) in [4.78, 5) is 15.2. The third-order valence-electron chi connectivity index (χ3n) is 5.32. The van der Waals surface area contributed by atoms with Crippen LogP contribution in [-0.4, -0.2) is 30.9 Å². The summed E-state index contributed by atoms with van der Waals surface area (Å²) in [5.41, 5.74) is 2.60. The van der Waals surface area contributed by atoms with Gasteiger partial charge in [0.1, 0.15) is 0 Å². The van der Waals surface area contributed by atoms with Crippen LogP contribution in [0.3, 0.4) is 0 Å². The standard InChI is InChI=1S/C18H26N2O/c1-3-10-18(11-12-19-13-18)17(21)20(2)16-9-8-14-6-4-5-7-15(14)16/h4-7,16,19H,3,8-13H2,1-2H3. The molecule has 0 bridgehead atoms. The largest absolute Gasteiger partial charge is 0.338 e. The number of rotatable bonds is 4. The zero-order valence-corrected chi connectivity index (χ0v) is 13.2. The molecule has 0 aromatic heterocycles. The predicted octanol–water partition coefficient (Wildman–Crippen LogP) is 2.91. The number of aryl methyl sites for hydroxylation is 1. The quantitative estimate of drug-likeness (QED) is 0.923. The van der Waals surface area contributed by atoms with Crippen LogP contribution in [0.1, 0.15) is 49.8 Å². The normalized spacial score (nSPS) is 27.6. The molecule has 1 heterocycles. The van der Waals surface area contributed by atoms with Crippen molar-refractivity contribution < 1.29 is 4.79 Å². The molecule has 1 aliphatic heterocycles. The number of nitrogens with one attached hydrogen (secondary N) is 1. The van der Waals surface area contributed by atoms with Gasteiger partial charge in [-0.3, -0.25) is 4.79 Å². The van der Waals surface area contributed by atoms with E-state index in [0.717, 1.165) is 45.2 Å². The monoisotopic (exact) mass is 286 g/mol. The molecular weight excluding hydrogens is 260 g/mol. The fraction of sp³-hybridized carbons (Fsp3) is 0.611. The first-order chi connectivity index (χ1) is 10.2. The number of carbonyl (C=O) groups excluding carboxylic acids is 1. The first kappa shape index (κ1) is 14.6. The lowest BCUT2D eigenvalue weighted by Crippen LogP contribution is -2.44. The van der Waals surface area contributed by atoms with E-state index in [4.69, 9.17) is 0 Å². The average Bonchev–Trinajstić information content (AvgIpc) is 3.13. The van der Waals surface area contributed by atoms with Gasteiger partial charge in [-0.1, -0.05) is 37.6 Å². The Labute approximate surface area is 127 Å². The Bertz CT molecular complexity index is 520. The summed E-state index contributed by atoms with van der Waals surface area (Å²) < 4.78 is 0. The van der Waals surface area contributed by atoms with Crippen LogP contribution in [0.15, 0.2) is 24.3 Å². The molecule has 0 radical (unpaired) electrons. The summed E-state index contributed by atoms with van der Waals surface area (Å²) >= 11 is 0. The molecular formula is C18H26N2O. The topological polar surface area (TPSA) is 32.3 Å². The number of benzene rings is 1. The number of amides is 1. The van der Waals surface area contributed by atoms with Gasteiger partial charge in [-0.25, -0.2) is 0 Å². The number of nitrogens with zero attached hydrogens (tertiary/aromatic N) is 1. The molecule has 3 heteroatoms. The minimum absolute atomic E-state index is 0.166. The van der Waals surface area contributed by atoms with Crippen molar-refractivity contribution >= 4 is 5.91 Å². The molecule has 2 atom stereocenters. The van der Waals surface area contributed by atoms with Crippen LogP contribution in [0.4, 0.5) is 0 Å². The molecule has 1 aliphatic carbocycles. The minimum Gasteiger partial charge on any atom is -0.338 e. The average molecular weight is 286 g/mol. The molecule has 0 saturated carbocycles. The molecule has 21 heavy (non-hydrogen) atoms. The van der Waals surface area contributed by atoms with Crippen molar-refractivity contribution in [2.24, 2.45) is 5.41 Å². The molecule has 3 nitrogen and oxygen atoms in total. The lowest BCUT2D eigenvalue weighted by molar-refractivity contribution is -0.142. The maximum Gasteiger partial charge on any atom is 0.230 e. The van der Waals surface area contributed by atoms with Gasteiger partial charge < -0.3 is 10.2 Å². The Hall–Kier alpha value is -1.35. The van der Waals surface area contributed by atoms with Crippen LogP contribution in [0.2, 0.25) is 0 Å². The third kappa shape index (κ3) is 2.48. The minimum atomic E-state index is -0.166. The van der Waals surface area contributed by atoms with E-state index in [-0.39, 0.29) is 11.5 Å². The van der Waals surface area contributed by atoms with Gasteiger partial charge in [-0.15, -0.1) is 0 Å². The van der Waals surface area contributed by atoms with E-state index in [2.05, 4.69) is 36.5 Å². The van der Waals surface area contributed by atoms with Crippen LogP contribution in [-0.2, 0) is 11.2 Å².